The predicted molar refractivity (Wildman–Crippen MR) is 70.8 cm³/mol. The molecule has 0 aliphatic heterocycles. The molecule has 0 atom stereocenters. The number of aromatic nitrogens is 3. The summed E-state index contributed by atoms with van der Waals surface area (Å²) in [5, 5.41) is 7.41. The van der Waals surface area contributed by atoms with E-state index >= 15 is 0 Å². The van der Waals surface area contributed by atoms with Gasteiger partial charge in [0.25, 0.3) is 0 Å². The fraction of sp³-hybridized carbons (Fsp3) is 0.385. The Kier molecular flexibility index (Phi) is 5.79. The average molecular weight is 232 g/mol. The Labute approximate surface area is 103 Å². The predicted octanol–water partition coefficient (Wildman–Crippen LogP) is 2.94. The lowest BCUT2D eigenvalue weighted by Gasteiger charge is -2.01. The fourth-order valence-electron chi connectivity index (χ4n) is 1.30. The van der Waals surface area contributed by atoms with Gasteiger partial charge >= 0.3 is 0 Å². The molecule has 0 fully saturated rings. The van der Waals surface area contributed by atoms with Gasteiger partial charge in [0.15, 0.2) is 0 Å². The van der Waals surface area contributed by atoms with Crippen LogP contribution in [-0.4, -0.2) is 14.8 Å². The van der Waals surface area contributed by atoms with Gasteiger partial charge in [0.2, 0.25) is 5.95 Å². The lowest BCUT2D eigenvalue weighted by molar-refractivity contribution is 0.659. The molecule has 0 spiro atoms. The molecule has 1 heterocycles. The molecule has 0 unspecified atom stereocenters. The number of aryl methyl sites for hydroxylation is 1. The van der Waals surface area contributed by atoms with Crippen LogP contribution in [0.4, 0.5) is 5.95 Å². The molecule has 1 N–H and O–H groups in total. The van der Waals surface area contributed by atoms with Crippen molar-refractivity contribution in [1.82, 2.24) is 14.8 Å². The van der Waals surface area contributed by atoms with Gasteiger partial charge in [-0.3, -0.25) is 4.68 Å². The first-order valence-electron chi connectivity index (χ1n) is 6.05. The van der Waals surface area contributed by atoms with E-state index in [2.05, 4.69) is 27.5 Å². The van der Waals surface area contributed by atoms with E-state index in [-0.39, 0.29) is 0 Å². The third kappa shape index (κ3) is 4.26. The molecule has 0 aliphatic carbocycles. The minimum Gasteiger partial charge on any atom is -0.349 e. The van der Waals surface area contributed by atoms with Gasteiger partial charge in [-0.15, -0.1) is 5.10 Å². The molecular formula is C13H20N4. The van der Waals surface area contributed by atoms with E-state index < -0.39 is 0 Å². The van der Waals surface area contributed by atoms with E-state index in [0.29, 0.717) is 5.95 Å². The molecule has 1 aromatic carbocycles. The van der Waals surface area contributed by atoms with E-state index in [1.54, 1.807) is 11.0 Å². The molecule has 92 valence electrons. The van der Waals surface area contributed by atoms with Gasteiger partial charge in [0.1, 0.15) is 6.33 Å². The maximum atomic E-state index is 4.24. The number of hydrogen-bond acceptors (Lipinski definition) is 3. The zero-order valence-electron chi connectivity index (χ0n) is 10.7. The first-order chi connectivity index (χ1) is 8.38. The van der Waals surface area contributed by atoms with Crippen LogP contribution in [0.2, 0.25) is 0 Å². The number of benzene rings is 1. The quantitative estimate of drug-likeness (QED) is 0.881. The first kappa shape index (κ1) is 13.2. The third-order valence-electron chi connectivity index (χ3n) is 2.15. The Morgan fingerprint density at radius 3 is 2.47 bits per heavy atom. The summed E-state index contributed by atoms with van der Waals surface area (Å²) >= 11 is 0. The number of nitrogens with zero attached hydrogens (tertiary/aromatic N) is 3. The Hall–Kier alpha value is -1.84. The van der Waals surface area contributed by atoms with Crippen molar-refractivity contribution in [1.29, 1.82) is 0 Å². The number of hydrogen-bond donors (Lipinski definition) is 1. The topological polar surface area (TPSA) is 42.7 Å². The first-order valence-corrected chi connectivity index (χ1v) is 6.05. The maximum Gasteiger partial charge on any atom is 0.242 e. The lowest BCUT2D eigenvalue weighted by Crippen LogP contribution is -2.02. The second-order valence-corrected chi connectivity index (χ2v) is 3.26. The van der Waals surface area contributed by atoms with Crippen molar-refractivity contribution in [2.45, 2.75) is 33.9 Å². The molecule has 2 aromatic rings. The summed E-state index contributed by atoms with van der Waals surface area (Å²) in [5.41, 5.74) is 1.23. The van der Waals surface area contributed by atoms with Gasteiger partial charge in [-0.05, 0) is 12.5 Å². The highest BCUT2D eigenvalue weighted by Gasteiger charge is 1.98. The van der Waals surface area contributed by atoms with Crippen LogP contribution in [0.1, 0.15) is 26.3 Å². The van der Waals surface area contributed by atoms with Crippen molar-refractivity contribution < 1.29 is 0 Å². The molecule has 2 rings (SSSR count). The Morgan fingerprint density at radius 1 is 1.18 bits per heavy atom. The summed E-state index contributed by atoms with van der Waals surface area (Å²) in [7, 11) is 0. The van der Waals surface area contributed by atoms with Crippen LogP contribution in [-0.2, 0) is 13.1 Å². The van der Waals surface area contributed by atoms with E-state index in [0.717, 1.165) is 13.1 Å². The Morgan fingerprint density at radius 2 is 1.88 bits per heavy atom. The lowest BCUT2D eigenvalue weighted by atomic mass is 10.2. The van der Waals surface area contributed by atoms with Gasteiger partial charge in [0.05, 0.1) is 0 Å². The SMILES string of the molecule is CC.CCn1cnc(NCc2ccccc2)n1. The highest BCUT2D eigenvalue weighted by atomic mass is 15.4. The molecule has 4 heteroatoms. The normalized spacial score (nSPS) is 9.35. The van der Waals surface area contributed by atoms with E-state index in [1.165, 1.54) is 5.56 Å². The van der Waals surface area contributed by atoms with Crippen LogP contribution in [0.15, 0.2) is 36.7 Å². The Balaban J connectivity index is 0.000000686. The minimum atomic E-state index is 0.681. The van der Waals surface area contributed by atoms with Crippen LogP contribution in [0.5, 0.6) is 0 Å². The van der Waals surface area contributed by atoms with Crippen LogP contribution in [0, 0.1) is 0 Å². The number of nitrogens with one attached hydrogen (secondary N) is 1. The largest absolute Gasteiger partial charge is 0.349 e. The molecule has 0 amide bonds. The van der Waals surface area contributed by atoms with Crippen molar-refractivity contribution in [3.05, 3.63) is 42.2 Å². The minimum absolute atomic E-state index is 0.681. The third-order valence-corrected chi connectivity index (χ3v) is 2.15. The zero-order valence-corrected chi connectivity index (χ0v) is 10.7. The molecule has 0 aliphatic rings. The van der Waals surface area contributed by atoms with Crippen molar-refractivity contribution >= 4 is 5.95 Å². The van der Waals surface area contributed by atoms with Crippen molar-refractivity contribution in [3.63, 3.8) is 0 Å². The van der Waals surface area contributed by atoms with Gasteiger partial charge in [-0.1, -0.05) is 44.2 Å². The molecule has 4 nitrogen and oxygen atoms in total. The summed E-state index contributed by atoms with van der Waals surface area (Å²) in [4.78, 5) is 4.14. The second kappa shape index (κ2) is 7.44. The number of anilines is 1. The molecule has 0 radical (unpaired) electrons. The maximum absolute atomic E-state index is 4.24. The van der Waals surface area contributed by atoms with Crippen LogP contribution >= 0.6 is 0 Å². The van der Waals surface area contributed by atoms with Gasteiger partial charge in [-0.25, -0.2) is 4.98 Å². The summed E-state index contributed by atoms with van der Waals surface area (Å²) in [5.74, 6) is 0.681. The summed E-state index contributed by atoms with van der Waals surface area (Å²) in [6, 6.07) is 10.2. The second-order valence-electron chi connectivity index (χ2n) is 3.26. The van der Waals surface area contributed by atoms with Gasteiger partial charge in [-0.2, -0.15) is 0 Å². The van der Waals surface area contributed by atoms with E-state index in [4.69, 9.17) is 0 Å². The fourth-order valence-corrected chi connectivity index (χ4v) is 1.30. The molecule has 0 bridgehead atoms. The van der Waals surface area contributed by atoms with Crippen LogP contribution in [0.3, 0.4) is 0 Å². The summed E-state index contributed by atoms with van der Waals surface area (Å²) in [6.45, 7) is 7.64. The van der Waals surface area contributed by atoms with E-state index in [1.807, 2.05) is 39.0 Å². The smallest absolute Gasteiger partial charge is 0.242 e. The average Bonchev–Trinajstić information content (AvgIpc) is 2.88. The van der Waals surface area contributed by atoms with Crippen LogP contribution in [0.25, 0.3) is 0 Å². The standard InChI is InChI=1S/C11H14N4.C2H6/c1-2-15-9-13-11(14-15)12-8-10-6-4-3-5-7-10;1-2/h3-7,9H,2,8H2,1H3,(H,12,14);1-2H3. The highest BCUT2D eigenvalue weighted by Crippen LogP contribution is 2.02. The van der Waals surface area contributed by atoms with Crippen molar-refractivity contribution in [3.8, 4) is 0 Å². The molecule has 1 aromatic heterocycles. The Bertz CT molecular complexity index is 408. The monoisotopic (exact) mass is 232 g/mol. The molecule has 17 heavy (non-hydrogen) atoms. The van der Waals surface area contributed by atoms with Crippen LogP contribution < -0.4 is 5.32 Å². The number of rotatable bonds is 4. The van der Waals surface area contributed by atoms with Gasteiger partial charge < -0.3 is 5.32 Å². The zero-order chi connectivity index (χ0) is 12.5. The summed E-state index contributed by atoms with van der Waals surface area (Å²) in [6.07, 6.45) is 1.73. The van der Waals surface area contributed by atoms with Crippen molar-refractivity contribution in [2.24, 2.45) is 0 Å². The summed E-state index contributed by atoms with van der Waals surface area (Å²) < 4.78 is 1.80. The van der Waals surface area contributed by atoms with Crippen molar-refractivity contribution in [2.75, 3.05) is 5.32 Å². The highest BCUT2D eigenvalue weighted by molar-refractivity contribution is 5.25. The molecular weight excluding hydrogens is 212 g/mol. The molecule has 0 saturated heterocycles. The van der Waals surface area contributed by atoms with E-state index in [9.17, 15) is 0 Å². The van der Waals surface area contributed by atoms with Gasteiger partial charge in [0, 0.05) is 13.1 Å². The molecule has 0 saturated carbocycles.